The molecule has 1 atom stereocenters. The van der Waals surface area contributed by atoms with Gasteiger partial charge in [-0.3, -0.25) is 4.79 Å². The van der Waals surface area contributed by atoms with E-state index in [4.69, 9.17) is 0 Å². The molecule has 0 spiro atoms. The Morgan fingerprint density at radius 2 is 2.14 bits per heavy atom. The minimum Gasteiger partial charge on any atom is -0.383 e. The lowest BCUT2D eigenvalue weighted by Gasteiger charge is -2.10. The molecular weight excluding hydrogens is 302 g/mol. The first-order valence-corrected chi connectivity index (χ1v) is 8.98. The van der Waals surface area contributed by atoms with Gasteiger partial charge in [-0.05, 0) is 41.0 Å². The number of fused-ring (bicyclic) bond motifs is 2. The van der Waals surface area contributed by atoms with Crippen LogP contribution >= 0.6 is 23.1 Å². The average molecular weight is 317 g/mol. The molecule has 5 heteroatoms. The van der Waals surface area contributed by atoms with Crippen LogP contribution in [-0.4, -0.2) is 16.8 Å². The topological polar surface area (TPSA) is 49.3 Å². The highest BCUT2D eigenvalue weighted by Gasteiger charge is 2.22. The summed E-state index contributed by atoms with van der Waals surface area (Å²) in [6.45, 7) is 0. The van der Waals surface area contributed by atoms with Crippen LogP contribution in [0.3, 0.4) is 0 Å². The molecule has 0 aliphatic carbocycles. The van der Waals surface area contributed by atoms with Crippen molar-refractivity contribution in [1.29, 1.82) is 0 Å². The molecule has 0 fully saturated rings. The lowest BCUT2D eigenvalue weighted by Crippen LogP contribution is -2.03. The summed E-state index contributed by atoms with van der Waals surface area (Å²) in [5, 5.41) is 13.5. The summed E-state index contributed by atoms with van der Waals surface area (Å²) in [6, 6.07) is 7.89. The zero-order valence-corrected chi connectivity index (χ0v) is 13.0. The number of aliphatic hydroxyl groups excluding tert-OH is 1. The Labute approximate surface area is 131 Å². The number of rotatable bonds is 2. The van der Waals surface area contributed by atoms with Crippen LogP contribution in [0.2, 0.25) is 0 Å². The maximum atomic E-state index is 11.4. The number of anilines is 1. The molecule has 21 heavy (non-hydrogen) atoms. The normalized spacial score (nSPS) is 18.0. The SMILES string of the molecule is O=C1Cc2cc(C(O)c3cc4c(s3)CCSC4)ccc2N1. The van der Waals surface area contributed by atoms with Gasteiger partial charge >= 0.3 is 0 Å². The van der Waals surface area contributed by atoms with E-state index in [1.54, 1.807) is 11.3 Å². The summed E-state index contributed by atoms with van der Waals surface area (Å²) >= 11 is 3.68. The predicted molar refractivity (Wildman–Crippen MR) is 87.0 cm³/mol. The molecule has 4 rings (SSSR count). The van der Waals surface area contributed by atoms with Gasteiger partial charge < -0.3 is 10.4 Å². The molecule has 3 heterocycles. The number of hydrogen-bond donors (Lipinski definition) is 2. The number of aliphatic hydroxyl groups is 1. The quantitative estimate of drug-likeness (QED) is 0.895. The molecular formula is C16H15NO2S2. The smallest absolute Gasteiger partial charge is 0.228 e. The third kappa shape index (κ3) is 2.39. The lowest BCUT2D eigenvalue weighted by atomic mass is 10.0. The molecule has 1 amide bonds. The summed E-state index contributed by atoms with van der Waals surface area (Å²) < 4.78 is 0. The van der Waals surface area contributed by atoms with Gasteiger partial charge in [0.1, 0.15) is 6.10 Å². The number of carbonyl (C=O) groups is 1. The Morgan fingerprint density at radius 3 is 3.00 bits per heavy atom. The van der Waals surface area contributed by atoms with Crippen LogP contribution in [0.25, 0.3) is 0 Å². The second kappa shape index (κ2) is 5.16. The van der Waals surface area contributed by atoms with Gasteiger partial charge in [-0.15, -0.1) is 11.3 Å². The number of aryl methyl sites for hydroxylation is 1. The van der Waals surface area contributed by atoms with Crippen LogP contribution in [0, 0.1) is 0 Å². The first-order valence-electron chi connectivity index (χ1n) is 7.00. The molecule has 2 aliphatic heterocycles. The van der Waals surface area contributed by atoms with Crippen molar-refractivity contribution in [1.82, 2.24) is 0 Å². The fourth-order valence-electron chi connectivity index (χ4n) is 2.89. The minimum absolute atomic E-state index is 0.0280. The maximum absolute atomic E-state index is 11.4. The Hall–Kier alpha value is -1.30. The summed E-state index contributed by atoms with van der Waals surface area (Å²) in [4.78, 5) is 13.8. The van der Waals surface area contributed by atoms with E-state index in [-0.39, 0.29) is 5.91 Å². The number of thioether (sulfide) groups is 1. The van der Waals surface area contributed by atoms with Crippen molar-refractivity contribution in [2.45, 2.75) is 24.7 Å². The van der Waals surface area contributed by atoms with Crippen molar-refractivity contribution in [3.8, 4) is 0 Å². The summed E-state index contributed by atoms with van der Waals surface area (Å²) in [5.74, 6) is 2.26. The number of thiophene rings is 1. The second-order valence-electron chi connectivity index (χ2n) is 5.44. The van der Waals surface area contributed by atoms with Crippen molar-refractivity contribution < 1.29 is 9.90 Å². The maximum Gasteiger partial charge on any atom is 0.228 e. The van der Waals surface area contributed by atoms with Crippen LogP contribution < -0.4 is 5.32 Å². The van der Waals surface area contributed by atoms with Gasteiger partial charge in [0.25, 0.3) is 0 Å². The third-order valence-electron chi connectivity index (χ3n) is 3.99. The lowest BCUT2D eigenvalue weighted by molar-refractivity contribution is -0.115. The van der Waals surface area contributed by atoms with E-state index in [1.807, 2.05) is 30.0 Å². The molecule has 2 aliphatic rings. The number of benzene rings is 1. The molecule has 2 aromatic rings. The Morgan fingerprint density at radius 1 is 1.24 bits per heavy atom. The van der Waals surface area contributed by atoms with E-state index in [1.165, 1.54) is 16.2 Å². The number of hydrogen-bond acceptors (Lipinski definition) is 4. The Kier molecular flexibility index (Phi) is 3.28. The molecule has 0 saturated carbocycles. The van der Waals surface area contributed by atoms with Gasteiger partial charge in [-0.25, -0.2) is 0 Å². The van der Waals surface area contributed by atoms with E-state index in [9.17, 15) is 9.90 Å². The monoisotopic (exact) mass is 317 g/mol. The standard InChI is InChI=1S/C16H15NO2S2/c18-15-7-10-5-9(1-2-12(10)17-15)16(19)14-6-11-8-20-4-3-13(11)21-14/h1-2,5-6,16,19H,3-4,7-8H2,(H,17,18). The Bertz CT molecular complexity index is 700. The first-order chi connectivity index (χ1) is 10.2. The first kappa shape index (κ1) is 13.4. The van der Waals surface area contributed by atoms with Crippen molar-refractivity contribution in [2.24, 2.45) is 0 Å². The Balaban J connectivity index is 1.65. The van der Waals surface area contributed by atoms with Gasteiger partial charge in [0, 0.05) is 21.2 Å². The van der Waals surface area contributed by atoms with Crippen LogP contribution in [0.1, 0.15) is 32.5 Å². The highest BCUT2D eigenvalue weighted by molar-refractivity contribution is 7.98. The molecule has 3 nitrogen and oxygen atoms in total. The largest absolute Gasteiger partial charge is 0.383 e. The summed E-state index contributed by atoms with van der Waals surface area (Å²) in [6.07, 6.45) is 0.930. The molecule has 1 unspecified atom stereocenters. The van der Waals surface area contributed by atoms with Gasteiger partial charge in [0.15, 0.2) is 0 Å². The molecule has 1 aromatic heterocycles. The summed E-state index contributed by atoms with van der Waals surface area (Å²) in [7, 11) is 0. The molecule has 0 saturated heterocycles. The fraction of sp³-hybridized carbons (Fsp3) is 0.312. The third-order valence-corrected chi connectivity index (χ3v) is 6.28. The van der Waals surface area contributed by atoms with Crippen molar-refractivity contribution in [3.63, 3.8) is 0 Å². The van der Waals surface area contributed by atoms with Gasteiger partial charge in [-0.1, -0.05) is 12.1 Å². The van der Waals surface area contributed by atoms with Crippen molar-refractivity contribution in [3.05, 3.63) is 50.7 Å². The van der Waals surface area contributed by atoms with Crippen molar-refractivity contribution >= 4 is 34.7 Å². The van der Waals surface area contributed by atoms with E-state index in [0.717, 1.165) is 33.9 Å². The average Bonchev–Trinajstić information content (AvgIpc) is 3.07. The predicted octanol–water partition coefficient (Wildman–Crippen LogP) is 3.11. The van der Waals surface area contributed by atoms with Crippen molar-refractivity contribution in [2.75, 3.05) is 11.1 Å². The van der Waals surface area contributed by atoms with Crippen LogP contribution in [0.15, 0.2) is 24.3 Å². The van der Waals surface area contributed by atoms with Gasteiger partial charge in [0.2, 0.25) is 5.91 Å². The molecule has 1 aromatic carbocycles. The number of carbonyl (C=O) groups excluding carboxylic acids is 1. The van der Waals surface area contributed by atoms with Crippen LogP contribution in [-0.2, 0) is 23.4 Å². The molecule has 0 radical (unpaired) electrons. The zero-order valence-electron chi connectivity index (χ0n) is 11.4. The highest BCUT2D eigenvalue weighted by atomic mass is 32.2. The highest BCUT2D eigenvalue weighted by Crippen LogP contribution is 2.37. The molecule has 0 bridgehead atoms. The van der Waals surface area contributed by atoms with Gasteiger partial charge in [0.05, 0.1) is 6.42 Å². The van der Waals surface area contributed by atoms with Crippen LogP contribution in [0.4, 0.5) is 5.69 Å². The second-order valence-corrected chi connectivity index (χ2v) is 7.72. The van der Waals surface area contributed by atoms with E-state index >= 15 is 0 Å². The van der Waals surface area contributed by atoms with E-state index in [2.05, 4.69) is 11.4 Å². The van der Waals surface area contributed by atoms with Gasteiger partial charge in [-0.2, -0.15) is 11.8 Å². The molecule has 108 valence electrons. The van der Waals surface area contributed by atoms with Crippen LogP contribution in [0.5, 0.6) is 0 Å². The number of amides is 1. The number of nitrogens with one attached hydrogen (secondary N) is 1. The molecule has 2 N–H and O–H groups in total. The minimum atomic E-state index is -0.591. The zero-order chi connectivity index (χ0) is 14.4. The summed E-state index contributed by atoms with van der Waals surface area (Å²) in [5.41, 5.74) is 4.10. The van der Waals surface area contributed by atoms with E-state index < -0.39 is 6.10 Å². The van der Waals surface area contributed by atoms with E-state index in [0.29, 0.717) is 6.42 Å². The fourth-order valence-corrected chi connectivity index (χ4v) is 5.28.